The largest absolute Gasteiger partial charge is 0.465 e. The Morgan fingerprint density at radius 2 is 1.82 bits per heavy atom. The maximum Gasteiger partial charge on any atom is 0.409 e. The second-order valence-electron chi connectivity index (χ2n) is 3.30. The van der Waals surface area contributed by atoms with Crippen molar-refractivity contribution in [3.05, 3.63) is 42.1 Å². The van der Waals surface area contributed by atoms with E-state index in [0.29, 0.717) is 5.69 Å². The third-order valence-electron chi connectivity index (χ3n) is 2.18. The summed E-state index contributed by atoms with van der Waals surface area (Å²) in [4.78, 5) is 34.7. The molecule has 0 atom stereocenters. The Hall–Kier alpha value is -2.63. The summed E-state index contributed by atoms with van der Waals surface area (Å²) in [5, 5.41) is 10.4. The van der Waals surface area contributed by atoms with E-state index in [1.807, 2.05) is 5.32 Å². The molecule has 2 N–H and O–H groups in total. The van der Waals surface area contributed by atoms with Crippen LogP contribution in [-0.2, 0) is 9.59 Å². The van der Waals surface area contributed by atoms with Gasteiger partial charge in [0.15, 0.2) is 0 Å². The normalized spacial score (nSPS) is 14.8. The highest BCUT2D eigenvalue weighted by Crippen LogP contribution is 2.20. The third-order valence-corrected chi connectivity index (χ3v) is 2.18. The summed E-state index contributed by atoms with van der Waals surface area (Å²) >= 11 is 0. The van der Waals surface area contributed by atoms with Gasteiger partial charge in [0.1, 0.15) is 5.70 Å². The van der Waals surface area contributed by atoms with E-state index in [4.69, 9.17) is 5.11 Å². The number of anilines is 1. The van der Waals surface area contributed by atoms with Crippen molar-refractivity contribution in [1.82, 2.24) is 5.32 Å². The Bertz CT molecular complexity index is 522. The van der Waals surface area contributed by atoms with Gasteiger partial charge in [-0.15, -0.1) is 0 Å². The smallest absolute Gasteiger partial charge is 0.409 e. The Kier molecular flexibility index (Phi) is 2.61. The van der Waals surface area contributed by atoms with Crippen molar-refractivity contribution in [2.45, 2.75) is 0 Å². The first kappa shape index (κ1) is 10.9. The Morgan fingerprint density at radius 1 is 1.18 bits per heavy atom. The second-order valence-corrected chi connectivity index (χ2v) is 3.30. The van der Waals surface area contributed by atoms with Gasteiger partial charge < -0.3 is 5.11 Å². The van der Waals surface area contributed by atoms with Crippen LogP contribution in [0.2, 0.25) is 0 Å². The molecule has 0 bridgehead atoms. The first-order valence-electron chi connectivity index (χ1n) is 4.74. The highest BCUT2D eigenvalue weighted by atomic mass is 16.4. The third kappa shape index (κ3) is 2.00. The number of hydrogen-bond donors (Lipinski definition) is 2. The lowest BCUT2D eigenvalue weighted by atomic mass is 10.3. The molecule has 1 aliphatic rings. The van der Waals surface area contributed by atoms with E-state index >= 15 is 0 Å². The van der Waals surface area contributed by atoms with Gasteiger partial charge in [-0.05, 0) is 12.1 Å². The van der Waals surface area contributed by atoms with E-state index in [9.17, 15) is 14.4 Å². The van der Waals surface area contributed by atoms with E-state index in [0.717, 1.165) is 11.0 Å². The second kappa shape index (κ2) is 4.09. The summed E-state index contributed by atoms with van der Waals surface area (Å²) in [7, 11) is 0. The first-order chi connectivity index (χ1) is 8.09. The van der Waals surface area contributed by atoms with Crippen LogP contribution in [-0.4, -0.2) is 23.0 Å². The molecule has 0 unspecified atom stereocenters. The van der Waals surface area contributed by atoms with Gasteiger partial charge >= 0.3 is 6.09 Å². The molecule has 86 valence electrons. The molecule has 17 heavy (non-hydrogen) atoms. The number of benzene rings is 1. The fraction of sp³-hybridized carbons (Fsp3) is 0. The van der Waals surface area contributed by atoms with Crippen molar-refractivity contribution >= 4 is 23.6 Å². The zero-order valence-corrected chi connectivity index (χ0v) is 8.58. The highest BCUT2D eigenvalue weighted by molar-refractivity contribution is 6.30. The maximum atomic E-state index is 11.8. The van der Waals surface area contributed by atoms with Crippen molar-refractivity contribution in [1.29, 1.82) is 0 Å². The molecule has 0 radical (unpaired) electrons. The van der Waals surface area contributed by atoms with Gasteiger partial charge in [-0.1, -0.05) is 18.2 Å². The maximum absolute atomic E-state index is 11.8. The molecule has 2 rings (SSSR count). The number of carboxylic acid groups (broad SMARTS) is 1. The molecule has 3 amide bonds. The van der Waals surface area contributed by atoms with Crippen LogP contribution in [0.15, 0.2) is 42.1 Å². The quantitative estimate of drug-likeness (QED) is 0.735. The summed E-state index contributed by atoms with van der Waals surface area (Å²) in [5.74, 6) is -1.24. The van der Waals surface area contributed by atoms with Crippen molar-refractivity contribution < 1.29 is 19.5 Å². The molecule has 6 heteroatoms. The van der Waals surface area contributed by atoms with Crippen LogP contribution in [0.3, 0.4) is 0 Å². The van der Waals surface area contributed by atoms with E-state index in [1.165, 1.54) is 0 Å². The van der Waals surface area contributed by atoms with Gasteiger partial charge in [0, 0.05) is 6.08 Å². The number of amides is 3. The lowest BCUT2D eigenvalue weighted by molar-refractivity contribution is -0.120. The number of nitrogens with zero attached hydrogens (tertiary/aromatic N) is 1. The van der Waals surface area contributed by atoms with E-state index in [-0.39, 0.29) is 5.70 Å². The topological polar surface area (TPSA) is 86.7 Å². The van der Waals surface area contributed by atoms with Crippen molar-refractivity contribution in [3.8, 4) is 0 Å². The van der Waals surface area contributed by atoms with Crippen LogP contribution in [0, 0.1) is 0 Å². The summed E-state index contributed by atoms with van der Waals surface area (Å²) in [6, 6.07) is 8.29. The Labute approximate surface area is 96.1 Å². The Balaban J connectivity index is 2.28. The average molecular weight is 232 g/mol. The average Bonchev–Trinajstić information content (AvgIpc) is 2.54. The molecule has 0 aromatic heterocycles. The van der Waals surface area contributed by atoms with E-state index in [1.54, 1.807) is 30.3 Å². The van der Waals surface area contributed by atoms with Crippen LogP contribution < -0.4 is 10.2 Å². The molecule has 1 aromatic rings. The monoisotopic (exact) mass is 232 g/mol. The molecular weight excluding hydrogens is 224 g/mol. The molecule has 0 saturated carbocycles. The number of carbonyl (C=O) groups is 3. The van der Waals surface area contributed by atoms with Gasteiger partial charge in [-0.2, -0.15) is 0 Å². The lowest BCUT2D eigenvalue weighted by Crippen LogP contribution is -2.34. The van der Waals surface area contributed by atoms with Crippen molar-refractivity contribution in [2.75, 3.05) is 4.90 Å². The highest BCUT2D eigenvalue weighted by Gasteiger charge is 2.33. The molecule has 0 saturated heterocycles. The van der Waals surface area contributed by atoms with Gasteiger partial charge in [-0.25, -0.2) is 9.69 Å². The summed E-state index contributed by atoms with van der Waals surface area (Å²) in [6.07, 6.45) is -0.420. The molecule has 1 aromatic carbocycles. The van der Waals surface area contributed by atoms with Crippen molar-refractivity contribution in [3.63, 3.8) is 0 Å². The zero-order valence-electron chi connectivity index (χ0n) is 8.58. The summed E-state index contributed by atoms with van der Waals surface area (Å²) in [6.45, 7) is 0. The van der Waals surface area contributed by atoms with Gasteiger partial charge in [-0.3, -0.25) is 14.9 Å². The minimum Gasteiger partial charge on any atom is -0.465 e. The minimum absolute atomic E-state index is 0.244. The predicted molar refractivity (Wildman–Crippen MR) is 58.2 cm³/mol. The summed E-state index contributed by atoms with van der Waals surface area (Å²) < 4.78 is 0. The van der Waals surface area contributed by atoms with Crippen LogP contribution >= 0.6 is 0 Å². The Morgan fingerprint density at radius 3 is 2.41 bits per heavy atom. The van der Waals surface area contributed by atoms with Gasteiger partial charge in [0.2, 0.25) is 0 Å². The van der Waals surface area contributed by atoms with Crippen molar-refractivity contribution in [2.24, 2.45) is 0 Å². The number of para-hydroxylation sites is 1. The number of rotatable bonds is 2. The predicted octanol–water partition coefficient (Wildman–Crippen LogP) is 0.711. The van der Waals surface area contributed by atoms with Crippen LogP contribution in [0.5, 0.6) is 0 Å². The van der Waals surface area contributed by atoms with Crippen LogP contribution in [0.1, 0.15) is 0 Å². The molecular formula is C11H8N2O4. The fourth-order valence-electron chi connectivity index (χ4n) is 1.50. The molecule has 1 heterocycles. The minimum atomic E-state index is -1.38. The molecule has 1 aliphatic heterocycles. The van der Waals surface area contributed by atoms with E-state index in [2.05, 4.69) is 0 Å². The van der Waals surface area contributed by atoms with Crippen LogP contribution in [0.4, 0.5) is 10.5 Å². The molecule has 0 fully saturated rings. The SMILES string of the molecule is O=C(O)NC1=CC(=O)N(c2ccccc2)C1=O. The first-order valence-corrected chi connectivity index (χ1v) is 4.74. The van der Waals surface area contributed by atoms with Gasteiger partial charge in [0.05, 0.1) is 5.69 Å². The zero-order chi connectivity index (χ0) is 12.4. The lowest BCUT2D eigenvalue weighted by Gasteiger charge is -2.14. The fourth-order valence-corrected chi connectivity index (χ4v) is 1.50. The molecule has 0 spiro atoms. The number of nitrogens with one attached hydrogen (secondary N) is 1. The van der Waals surface area contributed by atoms with Crippen LogP contribution in [0.25, 0.3) is 0 Å². The number of carbonyl (C=O) groups excluding carboxylic acids is 2. The van der Waals surface area contributed by atoms with Gasteiger partial charge in [0.25, 0.3) is 11.8 Å². The number of imide groups is 1. The summed E-state index contributed by atoms with van der Waals surface area (Å²) in [5.41, 5.74) is 0.160. The number of hydrogen-bond acceptors (Lipinski definition) is 3. The standard InChI is InChI=1S/C11H8N2O4/c14-9-6-8(12-11(16)17)10(15)13(9)7-4-2-1-3-5-7/h1-6,12H,(H,16,17). The molecule has 6 nitrogen and oxygen atoms in total. The molecule has 0 aliphatic carbocycles. The van der Waals surface area contributed by atoms with E-state index < -0.39 is 17.9 Å².